The summed E-state index contributed by atoms with van der Waals surface area (Å²) in [4.78, 5) is 50.7. The van der Waals surface area contributed by atoms with Crippen molar-refractivity contribution in [3.05, 3.63) is 36.5 Å². The molecule has 292 valence electrons. The third-order valence-corrected chi connectivity index (χ3v) is 10.1. The van der Waals surface area contributed by atoms with Crippen molar-refractivity contribution in [3.63, 3.8) is 0 Å². The van der Waals surface area contributed by atoms with E-state index in [2.05, 4.69) is 6.58 Å². The number of cyclic esters (lactones) is 1. The Labute approximate surface area is 305 Å². The summed E-state index contributed by atoms with van der Waals surface area (Å²) in [6, 6.07) is 0. The molecule has 0 aromatic rings. The number of Topliss-reactive ketones (excluding diaryl/α,β-unsaturated/α-hetero) is 1. The minimum absolute atomic E-state index is 0.0304. The molecule has 0 amide bonds. The van der Waals surface area contributed by atoms with Gasteiger partial charge < -0.3 is 48.5 Å². The van der Waals surface area contributed by atoms with Crippen LogP contribution in [-0.4, -0.2) is 114 Å². The highest BCUT2D eigenvalue weighted by atomic mass is 16.7. The average Bonchev–Trinajstić information content (AvgIpc) is 3.07. The van der Waals surface area contributed by atoms with Gasteiger partial charge in [-0.3, -0.25) is 14.4 Å². The summed E-state index contributed by atoms with van der Waals surface area (Å²) in [5.41, 5.74) is -1.20. The van der Waals surface area contributed by atoms with Crippen LogP contribution in [-0.2, 0) is 52.3 Å². The zero-order valence-corrected chi connectivity index (χ0v) is 30.7. The number of allylic oxidation sites excluding steroid dienone is 1. The molecule has 3 saturated heterocycles. The summed E-state index contributed by atoms with van der Waals surface area (Å²) < 4.78 is 41.4. The van der Waals surface area contributed by atoms with Crippen LogP contribution in [0.2, 0.25) is 0 Å². The maximum atomic E-state index is 12.9. The number of hydrogen-bond acceptors (Lipinski definition) is 14. The maximum Gasteiger partial charge on any atom is 0.330 e. The topological polar surface area (TPSA) is 194 Å². The zero-order chi connectivity index (χ0) is 38.1. The third-order valence-electron chi connectivity index (χ3n) is 10.1. The second-order valence-corrected chi connectivity index (χ2v) is 14.8. The van der Waals surface area contributed by atoms with Crippen LogP contribution in [0.15, 0.2) is 36.5 Å². The predicted molar refractivity (Wildman–Crippen MR) is 184 cm³/mol. The number of ether oxygens (including phenoxy) is 7. The van der Waals surface area contributed by atoms with Gasteiger partial charge in [-0.25, -0.2) is 4.79 Å². The van der Waals surface area contributed by atoms with E-state index in [0.29, 0.717) is 25.7 Å². The van der Waals surface area contributed by atoms with E-state index in [9.17, 15) is 34.5 Å². The molecule has 4 aliphatic rings. The molecule has 52 heavy (non-hydrogen) atoms. The van der Waals surface area contributed by atoms with Crippen LogP contribution in [0.1, 0.15) is 97.8 Å². The summed E-state index contributed by atoms with van der Waals surface area (Å²) >= 11 is 0. The van der Waals surface area contributed by atoms with Gasteiger partial charge in [-0.15, -0.1) is 6.58 Å². The second-order valence-electron chi connectivity index (χ2n) is 14.8. The normalized spacial score (nSPS) is 37.2. The predicted octanol–water partition coefficient (Wildman–Crippen LogP) is 3.28. The van der Waals surface area contributed by atoms with Crippen LogP contribution in [0.25, 0.3) is 0 Å². The summed E-state index contributed by atoms with van der Waals surface area (Å²) in [5, 5.41) is 33.5. The van der Waals surface area contributed by atoms with Crippen LogP contribution in [0.5, 0.6) is 0 Å². The van der Waals surface area contributed by atoms with E-state index >= 15 is 0 Å². The van der Waals surface area contributed by atoms with Gasteiger partial charge in [0.05, 0.1) is 56.8 Å². The molecule has 3 N–H and O–H groups in total. The standard InChI is InChI=1S/C38H56O14/c1-6-7-9-25(41)16-29-20-30-19-28-11-8-10-27(48-28)17-26(42)18-34(44)49-32(22-39)21-31-14-24(15-33(43)46-5)36(47-23(2)40)38(45,52-31)37(3,4)13-12-35(50-29)51-30/h6,12-13,15,26-32,35-36,39,42,45H,1,7-11,14,16-22H2,2-5H3/b13-12+,24-15+/t26-,27+,28-,29?,30-,31+,32-,35+,36+,38-/m1/s1. The first kappa shape index (κ1) is 41.8. The molecule has 4 heterocycles. The quantitative estimate of drug-likeness (QED) is 0.142. The number of esters is 3. The van der Waals surface area contributed by atoms with Gasteiger partial charge >= 0.3 is 17.9 Å². The number of rotatable bonds is 8. The molecular formula is C38H56O14. The lowest BCUT2D eigenvalue weighted by atomic mass is 9.74. The Morgan fingerprint density at radius 2 is 1.71 bits per heavy atom. The maximum absolute atomic E-state index is 12.9. The summed E-state index contributed by atoms with van der Waals surface area (Å²) in [5.74, 6) is -4.54. The molecule has 4 aliphatic heterocycles. The summed E-state index contributed by atoms with van der Waals surface area (Å²) in [6.45, 7) is 7.56. The molecule has 0 aromatic heterocycles. The number of aliphatic hydroxyl groups is 3. The van der Waals surface area contributed by atoms with Gasteiger partial charge in [-0.1, -0.05) is 26.0 Å². The van der Waals surface area contributed by atoms with E-state index in [1.807, 2.05) is 0 Å². The first-order valence-corrected chi connectivity index (χ1v) is 18.3. The van der Waals surface area contributed by atoms with E-state index in [1.165, 1.54) is 7.11 Å². The molecule has 3 fully saturated rings. The first-order chi connectivity index (χ1) is 24.6. The van der Waals surface area contributed by atoms with Crippen LogP contribution < -0.4 is 0 Å². The molecule has 14 heteroatoms. The highest BCUT2D eigenvalue weighted by molar-refractivity contribution is 5.83. The molecule has 0 spiro atoms. The van der Waals surface area contributed by atoms with Crippen LogP contribution >= 0.6 is 0 Å². The van der Waals surface area contributed by atoms with Crippen molar-refractivity contribution in [2.75, 3.05) is 13.7 Å². The summed E-state index contributed by atoms with van der Waals surface area (Å²) in [6.07, 6.45) is 3.33. The number of aliphatic hydroxyl groups excluding tert-OH is 2. The fourth-order valence-electron chi connectivity index (χ4n) is 7.40. The fourth-order valence-corrected chi connectivity index (χ4v) is 7.40. The molecule has 1 unspecified atom stereocenters. The van der Waals surface area contributed by atoms with E-state index < -0.39 is 72.5 Å². The molecule has 6 bridgehead atoms. The van der Waals surface area contributed by atoms with Gasteiger partial charge in [0, 0.05) is 56.9 Å². The number of carbonyl (C=O) groups excluding carboxylic acids is 4. The van der Waals surface area contributed by atoms with Crippen molar-refractivity contribution in [1.82, 2.24) is 0 Å². The van der Waals surface area contributed by atoms with E-state index in [-0.39, 0.29) is 61.8 Å². The molecule has 0 aliphatic carbocycles. The van der Waals surface area contributed by atoms with Crippen molar-refractivity contribution in [2.24, 2.45) is 5.41 Å². The molecule has 0 saturated carbocycles. The van der Waals surface area contributed by atoms with Crippen molar-refractivity contribution in [3.8, 4) is 0 Å². The lowest BCUT2D eigenvalue weighted by Crippen LogP contribution is -2.62. The minimum Gasteiger partial charge on any atom is -0.466 e. The number of methoxy groups -OCH3 is 1. The van der Waals surface area contributed by atoms with E-state index in [0.717, 1.165) is 32.3 Å². The zero-order valence-electron chi connectivity index (χ0n) is 30.7. The number of fused-ring (bicyclic) bond motifs is 6. The third kappa shape index (κ3) is 11.5. The number of carbonyl (C=O) groups is 4. The molecule has 0 aromatic carbocycles. The van der Waals surface area contributed by atoms with E-state index in [1.54, 1.807) is 32.1 Å². The van der Waals surface area contributed by atoms with Gasteiger partial charge in [-0.05, 0) is 43.8 Å². The van der Waals surface area contributed by atoms with Gasteiger partial charge in [0.2, 0.25) is 5.79 Å². The fraction of sp³-hybridized carbons (Fsp3) is 0.737. The monoisotopic (exact) mass is 736 g/mol. The first-order valence-electron chi connectivity index (χ1n) is 18.3. The summed E-state index contributed by atoms with van der Waals surface area (Å²) in [7, 11) is 1.18. The SMILES string of the molecule is C=CCCC(=O)CC1C[C@H]2C[C@H]3CCC[C@@H](C[C@@H](O)CC(=O)O[C@@H](CO)C[C@@H]4C/C(=C\C(=O)OC)[C@H](OC(C)=O)[C@@](O)(O4)C(C)(C)/C=C/[C@@H](O1)O2)O3. The average molecular weight is 737 g/mol. The molecule has 10 atom stereocenters. The molecule has 0 radical (unpaired) electrons. The largest absolute Gasteiger partial charge is 0.466 e. The molecule has 4 rings (SSSR count). The lowest BCUT2D eigenvalue weighted by Gasteiger charge is -2.51. The lowest BCUT2D eigenvalue weighted by molar-refractivity contribution is -0.327. The Bertz CT molecular complexity index is 1320. The molecule has 14 nitrogen and oxygen atoms in total. The van der Waals surface area contributed by atoms with Crippen molar-refractivity contribution < 1.29 is 67.7 Å². The molecular weight excluding hydrogens is 680 g/mol. The van der Waals surface area contributed by atoms with Gasteiger partial charge in [0.25, 0.3) is 0 Å². The van der Waals surface area contributed by atoms with Crippen molar-refractivity contribution in [1.29, 1.82) is 0 Å². The van der Waals surface area contributed by atoms with Gasteiger partial charge in [0.1, 0.15) is 11.9 Å². The minimum atomic E-state index is -2.32. The van der Waals surface area contributed by atoms with Crippen LogP contribution in [0, 0.1) is 5.41 Å². The van der Waals surface area contributed by atoms with Gasteiger partial charge in [0.15, 0.2) is 12.4 Å². The Kier molecular flexibility index (Phi) is 15.2. The van der Waals surface area contributed by atoms with Crippen LogP contribution in [0.4, 0.5) is 0 Å². The number of hydrogen-bond donors (Lipinski definition) is 3. The van der Waals surface area contributed by atoms with Crippen LogP contribution in [0.3, 0.4) is 0 Å². The van der Waals surface area contributed by atoms with Gasteiger partial charge in [-0.2, -0.15) is 0 Å². The highest BCUT2D eigenvalue weighted by Crippen LogP contribution is 2.47. The van der Waals surface area contributed by atoms with Crippen molar-refractivity contribution in [2.45, 2.75) is 159 Å². The Hall–Kier alpha value is -2.98. The second kappa shape index (κ2) is 18.9. The Morgan fingerprint density at radius 1 is 1.00 bits per heavy atom. The number of ketones is 1. The Morgan fingerprint density at radius 3 is 2.38 bits per heavy atom. The van der Waals surface area contributed by atoms with Crippen molar-refractivity contribution >= 4 is 23.7 Å². The Balaban J connectivity index is 1.74. The highest BCUT2D eigenvalue weighted by Gasteiger charge is 2.57. The van der Waals surface area contributed by atoms with E-state index in [4.69, 9.17) is 33.2 Å². The smallest absolute Gasteiger partial charge is 0.330 e.